The van der Waals surface area contributed by atoms with Crippen molar-refractivity contribution < 1.29 is 28.6 Å². The molecular weight excluding hydrogens is 354 g/mol. The molecule has 0 saturated carbocycles. The lowest BCUT2D eigenvalue weighted by Gasteiger charge is -2.28. The van der Waals surface area contributed by atoms with Crippen molar-refractivity contribution in [1.29, 1.82) is 0 Å². The molecule has 2 fully saturated rings. The van der Waals surface area contributed by atoms with Gasteiger partial charge in [-0.1, -0.05) is 6.07 Å². The van der Waals surface area contributed by atoms with Crippen molar-refractivity contribution in [3.8, 4) is 11.5 Å². The number of hydrogen-bond acceptors (Lipinski definition) is 6. The molecule has 9 nitrogen and oxygen atoms in total. The van der Waals surface area contributed by atoms with Crippen LogP contribution in [0.5, 0.6) is 11.5 Å². The van der Waals surface area contributed by atoms with Crippen molar-refractivity contribution in [2.45, 2.75) is 12.5 Å². The Balaban J connectivity index is 1.81. The van der Waals surface area contributed by atoms with Gasteiger partial charge in [-0.3, -0.25) is 14.5 Å². The maximum absolute atomic E-state index is 13.0. The number of nitrogens with zero attached hydrogens (tertiary/aromatic N) is 2. The van der Waals surface area contributed by atoms with Crippen LogP contribution in [0.2, 0.25) is 0 Å². The van der Waals surface area contributed by atoms with E-state index in [4.69, 9.17) is 14.2 Å². The molecule has 3 rings (SSSR count). The summed E-state index contributed by atoms with van der Waals surface area (Å²) >= 11 is 0. The number of carbonyl (C=O) groups is 3. The minimum Gasteiger partial charge on any atom is -0.493 e. The molecule has 0 spiro atoms. The van der Waals surface area contributed by atoms with E-state index in [1.54, 1.807) is 30.0 Å². The number of ether oxygens (including phenoxy) is 3. The Morgan fingerprint density at radius 2 is 1.85 bits per heavy atom. The van der Waals surface area contributed by atoms with Crippen molar-refractivity contribution in [1.82, 2.24) is 15.1 Å². The summed E-state index contributed by atoms with van der Waals surface area (Å²) in [6, 6.07) is 4.40. The summed E-state index contributed by atoms with van der Waals surface area (Å²) in [5, 5.41) is 2.69. The largest absolute Gasteiger partial charge is 0.493 e. The topological polar surface area (TPSA) is 97.4 Å². The smallest absolute Gasteiger partial charge is 0.325 e. The van der Waals surface area contributed by atoms with Crippen LogP contribution in [0.15, 0.2) is 18.2 Å². The molecule has 1 aromatic carbocycles. The highest BCUT2D eigenvalue weighted by atomic mass is 16.5. The van der Waals surface area contributed by atoms with Crippen LogP contribution < -0.4 is 14.8 Å². The molecule has 2 aliphatic rings. The molecule has 1 N–H and O–H groups in total. The highest BCUT2D eigenvalue weighted by Gasteiger charge is 2.50. The number of morpholine rings is 1. The molecule has 0 radical (unpaired) electrons. The summed E-state index contributed by atoms with van der Waals surface area (Å²) in [6.45, 7) is 3.12. The van der Waals surface area contributed by atoms with Gasteiger partial charge in [0.25, 0.3) is 5.91 Å². The quantitative estimate of drug-likeness (QED) is 0.743. The lowest BCUT2D eigenvalue weighted by molar-refractivity contribution is -0.141. The first kappa shape index (κ1) is 19.0. The molecule has 146 valence electrons. The van der Waals surface area contributed by atoms with Crippen molar-refractivity contribution in [3.63, 3.8) is 0 Å². The number of imide groups is 1. The number of benzene rings is 1. The second kappa shape index (κ2) is 7.43. The summed E-state index contributed by atoms with van der Waals surface area (Å²) in [4.78, 5) is 40.4. The van der Waals surface area contributed by atoms with Crippen molar-refractivity contribution in [2.75, 3.05) is 47.1 Å². The number of amides is 4. The van der Waals surface area contributed by atoms with Crippen LogP contribution in [0.3, 0.4) is 0 Å². The van der Waals surface area contributed by atoms with E-state index in [-0.39, 0.29) is 12.5 Å². The zero-order chi connectivity index (χ0) is 19.6. The Bertz CT molecular complexity index is 761. The summed E-state index contributed by atoms with van der Waals surface area (Å²) in [5.41, 5.74) is -0.748. The van der Waals surface area contributed by atoms with Gasteiger partial charge in [-0.25, -0.2) is 4.79 Å². The summed E-state index contributed by atoms with van der Waals surface area (Å²) < 4.78 is 15.7. The van der Waals surface area contributed by atoms with E-state index in [1.165, 1.54) is 14.2 Å². The molecule has 0 bridgehead atoms. The predicted molar refractivity (Wildman–Crippen MR) is 94.5 cm³/mol. The average Bonchev–Trinajstić information content (AvgIpc) is 2.92. The van der Waals surface area contributed by atoms with Gasteiger partial charge in [0.2, 0.25) is 5.91 Å². The fourth-order valence-electron chi connectivity index (χ4n) is 3.23. The van der Waals surface area contributed by atoms with Gasteiger partial charge in [0.15, 0.2) is 11.5 Å². The Kier molecular flexibility index (Phi) is 5.22. The lowest BCUT2D eigenvalue weighted by Crippen LogP contribution is -2.47. The van der Waals surface area contributed by atoms with Gasteiger partial charge in [0, 0.05) is 13.1 Å². The zero-order valence-electron chi connectivity index (χ0n) is 15.6. The second-order valence-electron chi connectivity index (χ2n) is 6.51. The monoisotopic (exact) mass is 377 g/mol. The predicted octanol–water partition coefficient (Wildman–Crippen LogP) is 0.330. The van der Waals surface area contributed by atoms with E-state index in [0.717, 1.165) is 4.90 Å². The maximum atomic E-state index is 13.0. The Morgan fingerprint density at radius 3 is 2.48 bits per heavy atom. The van der Waals surface area contributed by atoms with Crippen LogP contribution in [0, 0.1) is 0 Å². The van der Waals surface area contributed by atoms with Crippen LogP contribution in [-0.4, -0.2) is 74.7 Å². The van der Waals surface area contributed by atoms with Gasteiger partial charge >= 0.3 is 6.03 Å². The zero-order valence-corrected chi connectivity index (χ0v) is 15.6. The highest BCUT2D eigenvalue weighted by Crippen LogP contribution is 2.35. The molecule has 9 heteroatoms. The molecule has 0 unspecified atom stereocenters. The molecule has 1 aromatic rings. The van der Waals surface area contributed by atoms with Crippen LogP contribution in [0.4, 0.5) is 4.79 Å². The third kappa shape index (κ3) is 3.42. The van der Waals surface area contributed by atoms with Crippen molar-refractivity contribution >= 4 is 17.8 Å². The van der Waals surface area contributed by atoms with Crippen LogP contribution in [0.1, 0.15) is 12.5 Å². The van der Waals surface area contributed by atoms with Crippen molar-refractivity contribution in [2.24, 2.45) is 0 Å². The average molecular weight is 377 g/mol. The van der Waals surface area contributed by atoms with Gasteiger partial charge < -0.3 is 24.4 Å². The van der Waals surface area contributed by atoms with Crippen LogP contribution in [-0.2, 0) is 19.9 Å². The molecular formula is C18H23N3O6. The van der Waals surface area contributed by atoms with Gasteiger partial charge in [-0.05, 0) is 24.6 Å². The number of methoxy groups -OCH3 is 2. The number of rotatable bonds is 5. The molecule has 0 aromatic heterocycles. The lowest BCUT2D eigenvalue weighted by atomic mass is 9.91. The minimum absolute atomic E-state index is 0.279. The number of hydrogen-bond donors (Lipinski definition) is 1. The van der Waals surface area contributed by atoms with E-state index in [1.807, 2.05) is 0 Å². The third-order valence-electron chi connectivity index (χ3n) is 4.89. The van der Waals surface area contributed by atoms with Gasteiger partial charge in [0.1, 0.15) is 12.1 Å². The third-order valence-corrected chi connectivity index (χ3v) is 4.89. The standard InChI is InChI=1S/C18H23N3O6/c1-18(12-4-5-13(25-2)14(10-12)26-3)16(23)21(17(24)19-18)11-15(22)20-6-8-27-9-7-20/h4-5,10H,6-9,11H2,1-3H3,(H,19,24)/t18-/m0/s1. The van der Waals surface area contributed by atoms with Gasteiger partial charge in [-0.2, -0.15) is 0 Å². The summed E-state index contributed by atoms with van der Waals surface area (Å²) in [6.07, 6.45) is 0. The molecule has 0 aliphatic carbocycles. The summed E-state index contributed by atoms with van der Waals surface area (Å²) in [5.74, 6) is 0.196. The van der Waals surface area contributed by atoms with E-state index in [9.17, 15) is 14.4 Å². The Hall–Kier alpha value is -2.81. The SMILES string of the molecule is COc1ccc([C@]2(C)NC(=O)N(CC(=O)N3CCOCC3)C2=O)cc1OC. The van der Waals surface area contributed by atoms with E-state index < -0.39 is 17.5 Å². The summed E-state index contributed by atoms with van der Waals surface area (Å²) in [7, 11) is 3.01. The van der Waals surface area contributed by atoms with Crippen LogP contribution in [0.25, 0.3) is 0 Å². The van der Waals surface area contributed by atoms with Gasteiger partial charge in [-0.15, -0.1) is 0 Å². The molecule has 4 amide bonds. The molecule has 1 atom stereocenters. The number of carbonyl (C=O) groups excluding carboxylic acids is 3. The van der Waals surface area contributed by atoms with E-state index in [2.05, 4.69) is 5.32 Å². The Labute approximate surface area is 157 Å². The Morgan fingerprint density at radius 1 is 1.19 bits per heavy atom. The first-order valence-electron chi connectivity index (χ1n) is 8.63. The fourth-order valence-corrected chi connectivity index (χ4v) is 3.23. The van der Waals surface area contributed by atoms with Crippen molar-refractivity contribution in [3.05, 3.63) is 23.8 Å². The molecule has 2 aliphatic heterocycles. The minimum atomic E-state index is -1.29. The molecule has 27 heavy (non-hydrogen) atoms. The highest BCUT2D eigenvalue weighted by molar-refractivity contribution is 6.09. The molecule has 2 heterocycles. The maximum Gasteiger partial charge on any atom is 0.325 e. The normalized spacial score (nSPS) is 22.6. The second-order valence-corrected chi connectivity index (χ2v) is 6.51. The van der Waals surface area contributed by atoms with E-state index in [0.29, 0.717) is 43.4 Å². The van der Waals surface area contributed by atoms with E-state index >= 15 is 0 Å². The van der Waals surface area contributed by atoms with Crippen LogP contribution >= 0.6 is 0 Å². The number of nitrogens with one attached hydrogen (secondary N) is 1. The first-order chi connectivity index (χ1) is 12.9. The van der Waals surface area contributed by atoms with Gasteiger partial charge in [0.05, 0.1) is 27.4 Å². The first-order valence-corrected chi connectivity index (χ1v) is 8.63. The number of urea groups is 1. The fraction of sp³-hybridized carbons (Fsp3) is 0.500. The molecule has 2 saturated heterocycles.